The van der Waals surface area contributed by atoms with Gasteiger partial charge >= 0.3 is 0 Å². The van der Waals surface area contributed by atoms with Crippen molar-refractivity contribution >= 4 is 11.9 Å². The van der Waals surface area contributed by atoms with E-state index in [1.54, 1.807) is 25.6 Å². The van der Waals surface area contributed by atoms with Crippen LogP contribution in [0.15, 0.2) is 36.8 Å². The van der Waals surface area contributed by atoms with Gasteiger partial charge < -0.3 is 19.9 Å². The minimum absolute atomic E-state index is 0.0409. The summed E-state index contributed by atoms with van der Waals surface area (Å²) < 4.78 is 5.19. The highest BCUT2D eigenvalue weighted by Crippen LogP contribution is 2.28. The minimum atomic E-state index is 0.0409. The maximum Gasteiger partial charge on any atom is 0.228 e. The Morgan fingerprint density at radius 2 is 2.07 bits per heavy atom. The smallest absolute Gasteiger partial charge is 0.228 e. The summed E-state index contributed by atoms with van der Waals surface area (Å²) in [6.07, 6.45) is 6.95. The van der Waals surface area contributed by atoms with Crippen molar-refractivity contribution in [3.8, 4) is 5.88 Å². The largest absolute Gasteiger partial charge is 0.481 e. The maximum absolute atomic E-state index is 13.3. The van der Waals surface area contributed by atoms with Gasteiger partial charge in [0.2, 0.25) is 17.7 Å². The van der Waals surface area contributed by atoms with E-state index in [1.165, 1.54) is 0 Å². The normalized spacial score (nSPS) is 20.8. The number of ether oxygens (including phenoxy) is 1. The lowest BCUT2D eigenvalue weighted by Gasteiger charge is -2.40. The first kappa shape index (κ1) is 18.6. The Kier molecular flexibility index (Phi) is 5.66. The maximum atomic E-state index is 13.3. The molecule has 0 radical (unpaired) electrons. The Hall–Kier alpha value is -2.74. The topological polar surface area (TPSA) is 83.5 Å². The molecule has 1 N–H and O–H groups in total. The number of aromatic nitrogens is 3. The highest BCUT2D eigenvalue weighted by molar-refractivity contribution is 5.80. The molecule has 28 heavy (non-hydrogen) atoms. The number of pyridine rings is 1. The summed E-state index contributed by atoms with van der Waals surface area (Å²) in [6, 6.07) is 5.77. The molecule has 2 aromatic rings. The number of hydrogen-bond donors (Lipinski definition) is 1. The van der Waals surface area contributed by atoms with Gasteiger partial charge in [-0.2, -0.15) is 4.98 Å². The lowest BCUT2D eigenvalue weighted by molar-refractivity contribution is -0.139. The number of rotatable bonds is 4. The molecule has 0 saturated carbocycles. The van der Waals surface area contributed by atoms with Crippen LogP contribution in [-0.4, -0.2) is 65.6 Å². The van der Waals surface area contributed by atoms with E-state index in [0.717, 1.165) is 51.1 Å². The predicted molar refractivity (Wildman–Crippen MR) is 105 cm³/mol. The number of hydrogen-bond acceptors (Lipinski definition) is 7. The summed E-state index contributed by atoms with van der Waals surface area (Å²) >= 11 is 0. The average Bonchev–Trinajstić information content (AvgIpc) is 2.79. The Bertz CT molecular complexity index is 794. The fraction of sp³-hybridized carbons (Fsp3) is 0.500. The minimum Gasteiger partial charge on any atom is -0.481 e. The molecule has 8 heteroatoms. The molecule has 2 aromatic heterocycles. The zero-order chi connectivity index (χ0) is 19.3. The summed E-state index contributed by atoms with van der Waals surface area (Å²) in [6.45, 7) is 3.88. The van der Waals surface area contributed by atoms with Crippen LogP contribution < -0.4 is 15.0 Å². The van der Waals surface area contributed by atoms with Crippen molar-refractivity contribution in [3.05, 3.63) is 42.4 Å². The molecule has 0 aliphatic carbocycles. The third-order valence-electron chi connectivity index (χ3n) is 5.55. The lowest BCUT2D eigenvalue weighted by Crippen LogP contribution is -2.52. The van der Waals surface area contributed by atoms with Gasteiger partial charge in [-0.05, 0) is 24.5 Å². The van der Waals surface area contributed by atoms with Crippen molar-refractivity contribution in [2.24, 2.45) is 5.92 Å². The molecule has 2 saturated heterocycles. The van der Waals surface area contributed by atoms with Crippen LogP contribution in [0.1, 0.15) is 24.4 Å². The van der Waals surface area contributed by atoms with Gasteiger partial charge in [0.1, 0.15) is 0 Å². The van der Waals surface area contributed by atoms with Crippen molar-refractivity contribution in [2.45, 2.75) is 18.9 Å². The standard InChI is InChI=1S/C20H26N6O2/c1-28-18-4-8-23-20(24-18)25-10-5-15(6-11-25)19(27)26-12-9-22-14-17(26)16-3-2-7-21-13-16/h2-4,7-8,13,15,17,22H,5-6,9-12,14H2,1H3. The van der Waals surface area contributed by atoms with Gasteiger partial charge in [-0.3, -0.25) is 9.78 Å². The molecule has 0 bridgehead atoms. The van der Waals surface area contributed by atoms with E-state index < -0.39 is 0 Å². The fourth-order valence-electron chi connectivity index (χ4n) is 4.00. The van der Waals surface area contributed by atoms with Crippen molar-refractivity contribution in [3.63, 3.8) is 0 Å². The predicted octanol–water partition coefficient (Wildman–Crippen LogP) is 1.27. The molecule has 1 unspecified atom stereocenters. The molecular formula is C20H26N6O2. The molecule has 148 valence electrons. The van der Waals surface area contributed by atoms with Crippen molar-refractivity contribution in [1.29, 1.82) is 0 Å². The third-order valence-corrected chi connectivity index (χ3v) is 5.55. The number of nitrogens with one attached hydrogen (secondary N) is 1. The zero-order valence-corrected chi connectivity index (χ0v) is 16.1. The molecule has 1 atom stereocenters. The number of piperazine rings is 1. The van der Waals surface area contributed by atoms with E-state index in [0.29, 0.717) is 11.8 Å². The van der Waals surface area contributed by atoms with Crippen LogP contribution in [0.25, 0.3) is 0 Å². The number of piperidine rings is 1. The van der Waals surface area contributed by atoms with E-state index in [-0.39, 0.29) is 17.9 Å². The SMILES string of the molecule is COc1ccnc(N2CCC(C(=O)N3CCNCC3c3cccnc3)CC2)n1. The van der Waals surface area contributed by atoms with Crippen LogP contribution in [0.5, 0.6) is 5.88 Å². The quantitative estimate of drug-likeness (QED) is 0.852. The summed E-state index contributed by atoms with van der Waals surface area (Å²) in [5, 5.41) is 3.40. The molecular weight excluding hydrogens is 356 g/mol. The summed E-state index contributed by atoms with van der Waals surface area (Å²) in [5.41, 5.74) is 1.09. The Labute approximate surface area is 164 Å². The van der Waals surface area contributed by atoms with Gasteiger partial charge in [-0.1, -0.05) is 6.07 Å². The number of carbonyl (C=O) groups is 1. The summed E-state index contributed by atoms with van der Waals surface area (Å²) in [4.78, 5) is 30.4. The van der Waals surface area contributed by atoms with Crippen LogP contribution in [0.2, 0.25) is 0 Å². The summed E-state index contributed by atoms with van der Waals surface area (Å²) in [5.74, 6) is 1.52. The first-order valence-corrected chi connectivity index (χ1v) is 9.79. The highest BCUT2D eigenvalue weighted by atomic mass is 16.5. The molecule has 4 heterocycles. The number of carbonyl (C=O) groups excluding carboxylic acids is 1. The molecule has 0 aromatic carbocycles. The van der Waals surface area contributed by atoms with Crippen molar-refractivity contribution in [2.75, 3.05) is 44.7 Å². The Balaban J connectivity index is 1.41. The molecule has 2 aliphatic rings. The monoisotopic (exact) mass is 382 g/mol. The highest BCUT2D eigenvalue weighted by Gasteiger charge is 2.34. The Morgan fingerprint density at radius 1 is 1.21 bits per heavy atom. The number of amides is 1. The number of anilines is 1. The molecule has 2 fully saturated rings. The molecule has 4 rings (SSSR count). The van der Waals surface area contributed by atoms with Crippen LogP contribution in [0, 0.1) is 5.92 Å². The van der Waals surface area contributed by atoms with Gasteiger partial charge in [-0.25, -0.2) is 4.98 Å². The lowest BCUT2D eigenvalue weighted by atomic mass is 9.93. The second-order valence-corrected chi connectivity index (χ2v) is 7.20. The van der Waals surface area contributed by atoms with Crippen LogP contribution >= 0.6 is 0 Å². The van der Waals surface area contributed by atoms with Crippen LogP contribution in [0.4, 0.5) is 5.95 Å². The second-order valence-electron chi connectivity index (χ2n) is 7.20. The van der Waals surface area contributed by atoms with Gasteiger partial charge in [0, 0.05) is 63.3 Å². The first-order chi connectivity index (χ1) is 13.8. The number of nitrogens with zero attached hydrogens (tertiary/aromatic N) is 5. The van der Waals surface area contributed by atoms with Gasteiger partial charge in [-0.15, -0.1) is 0 Å². The summed E-state index contributed by atoms with van der Waals surface area (Å²) in [7, 11) is 1.60. The zero-order valence-electron chi connectivity index (χ0n) is 16.1. The Morgan fingerprint density at radius 3 is 2.82 bits per heavy atom. The average molecular weight is 382 g/mol. The van der Waals surface area contributed by atoms with Crippen LogP contribution in [-0.2, 0) is 4.79 Å². The van der Waals surface area contributed by atoms with Gasteiger partial charge in [0.05, 0.1) is 13.2 Å². The second kappa shape index (κ2) is 8.52. The van der Waals surface area contributed by atoms with Crippen molar-refractivity contribution < 1.29 is 9.53 Å². The van der Waals surface area contributed by atoms with E-state index in [9.17, 15) is 4.79 Å². The molecule has 1 amide bonds. The van der Waals surface area contributed by atoms with Crippen LogP contribution in [0.3, 0.4) is 0 Å². The first-order valence-electron chi connectivity index (χ1n) is 9.79. The molecule has 8 nitrogen and oxygen atoms in total. The van der Waals surface area contributed by atoms with E-state index >= 15 is 0 Å². The molecule has 0 spiro atoms. The van der Waals surface area contributed by atoms with Crippen molar-refractivity contribution in [1.82, 2.24) is 25.2 Å². The van der Waals surface area contributed by atoms with Gasteiger partial charge in [0.15, 0.2) is 0 Å². The fourth-order valence-corrected chi connectivity index (χ4v) is 4.00. The number of methoxy groups -OCH3 is 1. The van der Waals surface area contributed by atoms with E-state index in [4.69, 9.17) is 4.74 Å². The molecule has 2 aliphatic heterocycles. The third kappa shape index (κ3) is 3.91. The van der Waals surface area contributed by atoms with E-state index in [2.05, 4.69) is 25.2 Å². The van der Waals surface area contributed by atoms with E-state index in [1.807, 2.05) is 23.2 Å². The van der Waals surface area contributed by atoms with Gasteiger partial charge in [0.25, 0.3) is 0 Å².